The molecule has 2 rings (SSSR count). The van der Waals surface area contributed by atoms with Gasteiger partial charge in [0.15, 0.2) is 0 Å². The first-order valence-corrected chi connectivity index (χ1v) is 6.02. The van der Waals surface area contributed by atoms with Gasteiger partial charge in [0.1, 0.15) is 0 Å². The van der Waals surface area contributed by atoms with E-state index in [0.29, 0.717) is 17.3 Å². The fourth-order valence-corrected chi connectivity index (χ4v) is 2.02. The maximum Gasteiger partial charge on any atom is 0.271 e. The molecule has 2 aromatic rings. The van der Waals surface area contributed by atoms with Gasteiger partial charge in [0.2, 0.25) is 0 Å². The number of halogens is 1. The maximum atomic E-state index is 10.6. The third-order valence-corrected chi connectivity index (χ3v) is 3.06. The quantitative estimate of drug-likeness (QED) is 0.690. The van der Waals surface area contributed by atoms with Crippen molar-refractivity contribution in [3.63, 3.8) is 0 Å². The van der Waals surface area contributed by atoms with Crippen molar-refractivity contribution >= 4 is 23.0 Å². The van der Waals surface area contributed by atoms with Crippen molar-refractivity contribution in [1.29, 1.82) is 0 Å². The van der Waals surface area contributed by atoms with E-state index in [4.69, 9.17) is 11.6 Å². The number of nitro benzene ring substituents is 1. The predicted molar refractivity (Wildman–Crippen MR) is 73.4 cm³/mol. The lowest BCUT2D eigenvalue weighted by atomic mass is 10.2. The molecule has 1 aromatic carbocycles. The topological polar surface area (TPSA) is 73.0 Å². The minimum Gasteiger partial charge on any atom is -0.380 e. The number of nitrogens with one attached hydrogen (secondary N) is 1. The summed E-state index contributed by atoms with van der Waals surface area (Å²) < 4.78 is 1.74. The second-order valence-electron chi connectivity index (χ2n) is 4.19. The summed E-state index contributed by atoms with van der Waals surface area (Å²) in [5.41, 5.74) is 2.63. The zero-order valence-electron chi connectivity index (χ0n) is 10.6. The predicted octanol–water partition coefficient (Wildman–Crippen LogP) is 2.90. The average molecular weight is 281 g/mol. The zero-order valence-corrected chi connectivity index (χ0v) is 11.3. The Kier molecular flexibility index (Phi) is 3.71. The van der Waals surface area contributed by atoms with Crippen molar-refractivity contribution in [1.82, 2.24) is 9.78 Å². The van der Waals surface area contributed by atoms with Crippen LogP contribution in [-0.4, -0.2) is 14.7 Å². The van der Waals surface area contributed by atoms with Crippen LogP contribution in [0.3, 0.4) is 0 Å². The third-order valence-electron chi connectivity index (χ3n) is 2.75. The molecule has 0 fully saturated rings. The van der Waals surface area contributed by atoms with Crippen LogP contribution in [-0.2, 0) is 13.6 Å². The van der Waals surface area contributed by atoms with Crippen LogP contribution < -0.4 is 5.32 Å². The summed E-state index contributed by atoms with van der Waals surface area (Å²) in [5, 5.41) is 18.3. The van der Waals surface area contributed by atoms with Crippen LogP contribution in [0.2, 0.25) is 5.02 Å². The highest BCUT2D eigenvalue weighted by molar-refractivity contribution is 6.33. The van der Waals surface area contributed by atoms with Crippen molar-refractivity contribution in [2.75, 3.05) is 5.32 Å². The van der Waals surface area contributed by atoms with Crippen molar-refractivity contribution in [3.8, 4) is 0 Å². The monoisotopic (exact) mass is 280 g/mol. The lowest BCUT2D eigenvalue weighted by Gasteiger charge is -2.07. The van der Waals surface area contributed by atoms with E-state index in [1.165, 1.54) is 12.1 Å². The summed E-state index contributed by atoms with van der Waals surface area (Å²) in [7, 11) is 1.86. The molecule has 1 aromatic heterocycles. The third kappa shape index (κ3) is 3.03. The maximum absolute atomic E-state index is 10.6. The van der Waals surface area contributed by atoms with Gasteiger partial charge < -0.3 is 5.32 Å². The number of aromatic nitrogens is 2. The molecule has 0 atom stereocenters. The number of non-ortho nitro benzene ring substituents is 1. The molecule has 0 amide bonds. The standard InChI is InChI=1S/C12H13ClN4O2/c1-8-9(7-16(2)15-8)6-14-12-4-3-10(17(18)19)5-11(12)13/h3-5,7,14H,6H2,1-2H3. The molecule has 0 bridgehead atoms. The molecule has 0 radical (unpaired) electrons. The van der Waals surface area contributed by atoms with Gasteiger partial charge in [-0.05, 0) is 13.0 Å². The summed E-state index contributed by atoms with van der Waals surface area (Å²) in [6, 6.07) is 4.36. The fraction of sp³-hybridized carbons (Fsp3) is 0.250. The lowest BCUT2D eigenvalue weighted by molar-refractivity contribution is -0.384. The SMILES string of the molecule is Cc1nn(C)cc1CNc1ccc([N+](=O)[O-])cc1Cl. The molecule has 0 unspecified atom stereocenters. The molecule has 0 aliphatic rings. The van der Waals surface area contributed by atoms with Crippen LogP contribution in [0.4, 0.5) is 11.4 Å². The second kappa shape index (κ2) is 5.27. The Morgan fingerprint density at radius 1 is 1.53 bits per heavy atom. The largest absolute Gasteiger partial charge is 0.380 e. The first-order valence-electron chi connectivity index (χ1n) is 5.64. The molecule has 0 aliphatic carbocycles. The number of hydrogen-bond donors (Lipinski definition) is 1. The van der Waals surface area contributed by atoms with Gasteiger partial charge in [-0.25, -0.2) is 0 Å². The molecule has 6 nitrogen and oxygen atoms in total. The van der Waals surface area contributed by atoms with Crippen LogP contribution >= 0.6 is 11.6 Å². The van der Waals surface area contributed by atoms with Gasteiger partial charge >= 0.3 is 0 Å². The fourth-order valence-electron chi connectivity index (χ4n) is 1.77. The van der Waals surface area contributed by atoms with E-state index in [-0.39, 0.29) is 5.69 Å². The van der Waals surface area contributed by atoms with Gasteiger partial charge in [0, 0.05) is 37.5 Å². The normalized spacial score (nSPS) is 10.5. The lowest BCUT2D eigenvalue weighted by Crippen LogP contribution is -2.01. The van der Waals surface area contributed by atoms with E-state index in [1.54, 1.807) is 10.7 Å². The number of rotatable bonds is 4. The molecule has 19 heavy (non-hydrogen) atoms. The Morgan fingerprint density at radius 3 is 2.79 bits per heavy atom. The minimum absolute atomic E-state index is 0.0203. The average Bonchev–Trinajstić information content (AvgIpc) is 2.66. The van der Waals surface area contributed by atoms with Crippen molar-refractivity contribution < 1.29 is 4.92 Å². The molecule has 0 aliphatic heterocycles. The molecule has 0 saturated carbocycles. The molecule has 1 heterocycles. The van der Waals surface area contributed by atoms with E-state index < -0.39 is 4.92 Å². The van der Waals surface area contributed by atoms with Crippen LogP contribution in [0.25, 0.3) is 0 Å². The Balaban J connectivity index is 2.12. The second-order valence-corrected chi connectivity index (χ2v) is 4.60. The van der Waals surface area contributed by atoms with E-state index in [1.807, 2.05) is 20.2 Å². The van der Waals surface area contributed by atoms with Gasteiger partial charge in [0.05, 0.1) is 21.3 Å². The Morgan fingerprint density at radius 2 is 2.26 bits per heavy atom. The molecule has 100 valence electrons. The molecular formula is C12H13ClN4O2. The van der Waals surface area contributed by atoms with Crippen LogP contribution in [0.15, 0.2) is 24.4 Å². The molecule has 0 saturated heterocycles. The van der Waals surface area contributed by atoms with Crippen molar-refractivity contribution in [2.45, 2.75) is 13.5 Å². The number of anilines is 1. The molecular weight excluding hydrogens is 268 g/mol. The van der Waals surface area contributed by atoms with Crippen LogP contribution in [0.1, 0.15) is 11.3 Å². The van der Waals surface area contributed by atoms with E-state index in [0.717, 1.165) is 11.3 Å². The van der Waals surface area contributed by atoms with E-state index in [2.05, 4.69) is 10.4 Å². The number of benzene rings is 1. The zero-order chi connectivity index (χ0) is 14.0. The first-order chi connectivity index (χ1) is 8.97. The summed E-state index contributed by atoms with van der Waals surface area (Å²) in [6.07, 6.45) is 1.92. The number of nitro groups is 1. The minimum atomic E-state index is -0.471. The van der Waals surface area contributed by atoms with E-state index >= 15 is 0 Å². The van der Waals surface area contributed by atoms with Crippen LogP contribution in [0.5, 0.6) is 0 Å². The van der Waals surface area contributed by atoms with Gasteiger partial charge in [-0.2, -0.15) is 5.10 Å². The van der Waals surface area contributed by atoms with Gasteiger partial charge in [-0.1, -0.05) is 11.6 Å². The Bertz CT molecular complexity index is 624. The highest BCUT2D eigenvalue weighted by atomic mass is 35.5. The summed E-state index contributed by atoms with van der Waals surface area (Å²) >= 11 is 6.00. The van der Waals surface area contributed by atoms with Crippen molar-refractivity contribution in [2.24, 2.45) is 7.05 Å². The Hall–Kier alpha value is -2.08. The number of hydrogen-bond acceptors (Lipinski definition) is 4. The highest BCUT2D eigenvalue weighted by Crippen LogP contribution is 2.27. The highest BCUT2D eigenvalue weighted by Gasteiger charge is 2.10. The number of aryl methyl sites for hydroxylation is 2. The van der Waals surface area contributed by atoms with Gasteiger partial charge in [-0.3, -0.25) is 14.8 Å². The van der Waals surface area contributed by atoms with Crippen LogP contribution in [0, 0.1) is 17.0 Å². The summed E-state index contributed by atoms with van der Waals surface area (Å²) in [4.78, 5) is 10.1. The summed E-state index contributed by atoms with van der Waals surface area (Å²) in [5.74, 6) is 0. The van der Waals surface area contributed by atoms with Gasteiger partial charge in [0.25, 0.3) is 5.69 Å². The van der Waals surface area contributed by atoms with Gasteiger partial charge in [-0.15, -0.1) is 0 Å². The molecule has 7 heteroatoms. The van der Waals surface area contributed by atoms with Crippen molar-refractivity contribution in [3.05, 3.63) is 50.8 Å². The smallest absolute Gasteiger partial charge is 0.271 e. The number of nitrogens with zero attached hydrogens (tertiary/aromatic N) is 3. The summed E-state index contributed by atoms with van der Waals surface area (Å²) in [6.45, 7) is 2.49. The van der Waals surface area contributed by atoms with E-state index in [9.17, 15) is 10.1 Å². The Labute approximate surface area is 115 Å². The molecule has 1 N–H and O–H groups in total. The molecule has 0 spiro atoms. The first kappa shape index (κ1) is 13.4.